The van der Waals surface area contributed by atoms with Gasteiger partial charge in [0.25, 0.3) is 0 Å². The van der Waals surface area contributed by atoms with Gasteiger partial charge in [0.15, 0.2) is 0 Å². The first kappa shape index (κ1) is 16.9. The molecule has 0 spiro atoms. The summed E-state index contributed by atoms with van der Waals surface area (Å²) in [5.41, 5.74) is 0. The van der Waals surface area contributed by atoms with Crippen molar-refractivity contribution in [3.05, 3.63) is 12.3 Å². The maximum atomic E-state index is 5.65. The molecule has 2 rings (SSSR count). The van der Waals surface area contributed by atoms with E-state index in [9.17, 15) is 0 Å². The minimum atomic E-state index is 0.819. The lowest BCUT2D eigenvalue weighted by Crippen LogP contribution is -2.26. The third-order valence-electron chi connectivity index (χ3n) is 5.91. The van der Waals surface area contributed by atoms with Crippen LogP contribution in [0.15, 0.2) is 12.3 Å². The lowest BCUT2D eigenvalue weighted by molar-refractivity contribution is 0.108. The summed E-state index contributed by atoms with van der Waals surface area (Å²) in [4.78, 5) is 0. The Hall–Kier alpha value is -0.460. The van der Waals surface area contributed by atoms with Crippen LogP contribution in [0.5, 0.6) is 0 Å². The van der Waals surface area contributed by atoms with E-state index in [4.69, 9.17) is 4.74 Å². The Labute approximate surface area is 132 Å². The molecule has 0 aromatic carbocycles. The normalized spacial score (nSPS) is 34.2. The van der Waals surface area contributed by atoms with Crippen molar-refractivity contribution in [3.63, 3.8) is 0 Å². The highest BCUT2D eigenvalue weighted by molar-refractivity contribution is 4.82. The molecule has 0 N–H and O–H groups in total. The molecule has 21 heavy (non-hydrogen) atoms. The Kier molecular flexibility index (Phi) is 7.68. The topological polar surface area (TPSA) is 9.23 Å². The van der Waals surface area contributed by atoms with Crippen LogP contribution in [-0.2, 0) is 4.74 Å². The number of hydrogen-bond donors (Lipinski definition) is 0. The molecular weight excluding hydrogens is 256 g/mol. The molecule has 1 nitrogen and oxygen atoms in total. The summed E-state index contributed by atoms with van der Waals surface area (Å²) in [6.07, 6.45) is 19.8. The smallest absolute Gasteiger partial charge is 0.0901 e. The Morgan fingerprint density at radius 2 is 1.38 bits per heavy atom. The highest BCUT2D eigenvalue weighted by Crippen LogP contribution is 2.42. The first-order chi connectivity index (χ1) is 10.3. The summed E-state index contributed by atoms with van der Waals surface area (Å²) in [5, 5.41) is 0. The van der Waals surface area contributed by atoms with Crippen LogP contribution < -0.4 is 0 Å². The van der Waals surface area contributed by atoms with Gasteiger partial charge in [0.05, 0.1) is 12.9 Å². The molecule has 2 aliphatic carbocycles. The SMILES string of the molecule is CC/C=C\OCC1CCC([C@H]2CC[C@H](CCC)CC2)CC1. The molecule has 0 aromatic heterocycles. The number of rotatable bonds is 7. The van der Waals surface area contributed by atoms with Crippen molar-refractivity contribution in [2.45, 2.75) is 84.5 Å². The van der Waals surface area contributed by atoms with Crippen molar-refractivity contribution in [2.24, 2.45) is 23.7 Å². The molecular formula is C20H36O. The van der Waals surface area contributed by atoms with Crippen LogP contribution in [0.1, 0.15) is 84.5 Å². The van der Waals surface area contributed by atoms with Gasteiger partial charge in [0.1, 0.15) is 0 Å². The summed E-state index contributed by atoms with van der Waals surface area (Å²) in [6.45, 7) is 5.44. The number of hydrogen-bond acceptors (Lipinski definition) is 1. The van der Waals surface area contributed by atoms with E-state index in [1.165, 1.54) is 64.2 Å². The van der Waals surface area contributed by atoms with E-state index in [0.717, 1.165) is 36.7 Å². The second-order valence-corrected chi connectivity index (χ2v) is 7.46. The van der Waals surface area contributed by atoms with Crippen LogP contribution in [0.2, 0.25) is 0 Å². The monoisotopic (exact) mass is 292 g/mol. The Morgan fingerprint density at radius 1 is 0.810 bits per heavy atom. The van der Waals surface area contributed by atoms with E-state index in [1.54, 1.807) is 0 Å². The van der Waals surface area contributed by atoms with Crippen molar-refractivity contribution in [3.8, 4) is 0 Å². The zero-order chi connectivity index (χ0) is 14.9. The van der Waals surface area contributed by atoms with Gasteiger partial charge in [-0.2, -0.15) is 0 Å². The van der Waals surface area contributed by atoms with Gasteiger partial charge in [-0.05, 0) is 68.6 Å². The fourth-order valence-electron chi connectivity index (χ4n) is 4.54. The molecule has 2 saturated carbocycles. The van der Waals surface area contributed by atoms with Gasteiger partial charge in [-0.1, -0.05) is 45.6 Å². The largest absolute Gasteiger partial charge is 0.501 e. The summed E-state index contributed by atoms with van der Waals surface area (Å²) in [6, 6.07) is 0. The molecule has 0 aliphatic heterocycles. The lowest BCUT2D eigenvalue weighted by atomic mass is 9.69. The number of ether oxygens (including phenoxy) is 1. The van der Waals surface area contributed by atoms with Crippen molar-refractivity contribution in [1.82, 2.24) is 0 Å². The van der Waals surface area contributed by atoms with Crippen molar-refractivity contribution in [1.29, 1.82) is 0 Å². The molecule has 1 heteroatoms. The summed E-state index contributed by atoms with van der Waals surface area (Å²) < 4.78 is 5.65. The van der Waals surface area contributed by atoms with Crippen molar-refractivity contribution >= 4 is 0 Å². The summed E-state index contributed by atoms with van der Waals surface area (Å²) >= 11 is 0. The molecule has 0 unspecified atom stereocenters. The fourth-order valence-corrected chi connectivity index (χ4v) is 4.54. The lowest BCUT2D eigenvalue weighted by Gasteiger charge is -2.37. The molecule has 0 aromatic rings. The molecule has 2 aliphatic rings. The average Bonchev–Trinajstić information content (AvgIpc) is 2.53. The Bertz CT molecular complexity index is 280. The van der Waals surface area contributed by atoms with E-state index in [0.29, 0.717) is 0 Å². The van der Waals surface area contributed by atoms with Gasteiger partial charge in [0, 0.05) is 0 Å². The predicted molar refractivity (Wildman–Crippen MR) is 91.2 cm³/mol. The van der Waals surface area contributed by atoms with Gasteiger partial charge < -0.3 is 4.74 Å². The van der Waals surface area contributed by atoms with Crippen LogP contribution in [0, 0.1) is 23.7 Å². The molecule has 122 valence electrons. The maximum absolute atomic E-state index is 5.65. The van der Waals surface area contributed by atoms with E-state index in [2.05, 4.69) is 19.9 Å². The highest BCUT2D eigenvalue weighted by Gasteiger charge is 2.30. The zero-order valence-corrected chi connectivity index (χ0v) is 14.4. The molecule has 0 radical (unpaired) electrons. The van der Waals surface area contributed by atoms with Crippen molar-refractivity contribution < 1.29 is 4.74 Å². The van der Waals surface area contributed by atoms with Crippen LogP contribution in [0.25, 0.3) is 0 Å². The molecule has 2 fully saturated rings. The zero-order valence-electron chi connectivity index (χ0n) is 14.4. The minimum absolute atomic E-state index is 0.819. The van der Waals surface area contributed by atoms with Gasteiger partial charge in [-0.25, -0.2) is 0 Å². The van der Waals surface area contributed by atoms with Crippen LogP contribution in [-0.4, -0.2) is 6.61 Å². The van der Waals surface area contributed by atoms with Crippen molar-refractivity contribution in [2.75, 3.05) is 6.61 Å². The molecule has 0 amide bonds. The van der Waals surface area contributed by atoms with Crippen LogP contribution >= 0.6 is 0 Å². The van der Waals surface area contributed by atoms with Gasteiger partial charge in [-0.3, -0.25) is 0 Å². The third kappa shape index (κ3) is 5.68. The molecule has 0 bridgehead atoms. The molecule has 0 heterocycles. The maximum Gasteiger partial charge on any atom is 0.0901 e. The first-order valence-corrected chi connectivity index (χ1v) is 9.60. The number of allylic oxidation sites excluding steroid dienone is 1. The summed E-state index contributed by atoms with van der Waals surface area (Å²) in [5.74, 6) is 3.97. The quantitative estimate of drug-likeness (QED) is 0.497. The van der Waals surface area contributed by atoms with E-state index in [1.807, 2.05) is 6.26 Å². The van der Waals surface area contributed by atoms with E-state index in [-0.39, 0.29) is 0 Å². The Morgan fingerprint density at radius 3 is 1.90 bits per heavy atom. The first-order valence-electron chi connectivity index (χ1n) is 9.60. The second-order valence-electron chi connectivity index (χ2n) is 7.46. The molecule has 0 atom stereocenters. The second kappa shape index (κ2) is 9.54. The van der Waals surface area contributed by atoms with Gasteiger partial charge in [0.2, 0.25) is 0 Å². The third-order valence-corrected chi connectivity index (χ3v) is 5.91. The van der Waals surface area contributed by atoms with Crippen LogP contribution in [0.3, 0.4) is 0 Å². The Balaban J connectivity index is 1.62. The van der Waals surface area contributed by atoms with Gasteiger partial charge in [-0.15, -0.1) is 0 Å². The highest BCUT2D eigenvalue weighted by atomic mass is 16.5. The predicted octanol–water partition coefficient (Wildman–Crippen LogP) is 6.34. The molecule has 0 saturated heterocycles. The fraction of sp³-hybridized carbons (Fsp3) is 0.900. The minimum Gasteiger partial charge on any atom is -0.501 e. The van der Waals surface area contributed by atoms with E-state index >= 15 is 0 Å². The average molecular weight is 293 g/mol. The standard InChI is InChI=1S/C20H36O/c1-3-5-15-21-16-18-9-13-20(14-10-18)19-11-7-17(6-4-2)8-12-19/h5,15,17-20H,3-4,6-14,16H2,1-2H3/b15-5-/t17-,18?,19-,20?. The van der Waals surface area contributed by atoms with Crippen LogP contribution in [0.4, 0.5) is 0 Å². The summed E-state index contributed by atoms with van der Waals surface area (Å²) in [7, 11) is 0. The van der Waals surface area contributed by atoms with E-state index < -0.39 is 0 Å². The van der Waals surface area contributed by atoms with Gasteiger partial charge >= 0.3 is 0 Å².